The Morgan fingerprint density at radius 3 is 2.62 bits per heavy atom. The third kappa shape index (κ3) is 3.76. The number of carbonyl (C=O) groups is 1. The summed E-state index contributed by atoms with van der Waals surface area (Å²) in [4.78, 5) is 28.6. The molecule has 0 spiro atoms. The number of nitrogens with one attached hydrogen (secondary N) is 1. The molecule has 0 amide bonds. The first-order chi connectivity index (χ1) is 13.9. The molecule has 1 saturated heterocycles. The molecule has 2 heterocycles. The van der Waals surface area contributed by atoms with Crippen LogP contribution in [0.3, 0.4) is 0 Å². The standard InChI is InChI=1S/C21H23N3O5/c25-18-6-5-13(11-15(18)20(27)28)19(26)12-23-9-7-14(8-10-23)24-17-4-2-1-3-16(17)22-21(24)29/h1-6,11,14,19,25-26H,7-10,12H2,(H,22,29)(H,27,28). The third-order valence-electron chi connectivity index (χ3n) is 5.61. The van der Waals surface area contributed by atoms with E-state index in [4.69, 9.17) is 5.11 Å². The summed E-state index contributed by atoms with van der Waals surface area (Å²) in [7, 11) is 0. The van der Waals surface area contributed by atoms with Crippen molar-refractivity contribution in [1.82, 2.24) is 14.5 Å². The molecule has 4 rings (SSSR count). The number of aliphatic hydroxyl groups excluding tert-OH is 1. The van der Waals surface area contributed by atoms with Gasteiger partial charge in [0.25, 0.3) is 0 Å². The first-order valence-corrected chi connectivity index (χ1v) is 9.60. The molecule has 3 aromatic rings. The van der Waals surface area contributed by atoms with Gasteiger partial charge in [0, 0.05) is 25.7 Å². The van der Waals surface area contributed by atoms with E-state index in [1.165, 1.54) is 18.2 Å². The zero-order valence-corrected chi connectivity index (χ0v) is 15.8. The van der Waals surface area contributed by atoms with E-state index < -0.39 is 12.1 Å². The predicted octanol–water partition coefficient (Wildman–Crippen LogP) is 2.10. The van der Waals surface area contributed by atoms with Crippen molar-refractivity contribution in [3.63, 3.8) is 0 Å². The Bertz CT molecular complexity index is 1100. The summed E-state index contributed by atoms with van der Waals surface area (Å²) >= 11 is 0. The maximum absolute atomic E-state index is 12.4. The van der Waals surface area contributed by atoms with Gasteiger partial charge in [0.15, 0.2) is 0 Å². The Labute approximate surface area is 166 Å². The lowest BCUT2D eigenvalue weighted by Crippen LogP contribution is -2.39. The quantitative estimate of drug-likeness (QED) is 0.524. The van der Waals surface area contributed by atoms with Gasteiger partial charge in [-0.2, -0.15) is 0 Å². The van der Waals surface area contributed by atoms with Gasteiger partial charge in [-0.25, -0.2) is 9.59 Å². The number of aromatic nitrogens is 2. The highest BCUT2D eigenvalue weighted by Gasteiger charge is 2.25. The number of phenols is 1. The van der Waals surface area contributed by atoms with E-state index in [9.17, 15) is 19.8 Å². The molecular formula is C21H23N3O5. The summed E-state index contributed by atoms with van der Waals surface area (Å²) < 4.78 is 1.82. The number of imidazole rings is 1. The third-order valence-corrected chi connectivity index (χ3v) is 5.61. The van der Waals surface area contributed by atoms with Gasteiger partial charge in [0.1, 0.15) is 11.3 Å². The van der Waals surface area contributed by atoms with Crippen molar-refractivity contribution in [1.29, 1.82) is 0 Å². The second-order valence-corrected chi connectivity index (χ2v) is 7.45. The molecule has 8 nitrogen and oxygen atoms in total. The van der Waals surface area contributed by atoms with Crippen LogP contribution in [0.5, 0.6) is 5.75 Å². The maximum atomic E-state index is 12.4. The van der Waals surface area contributed by atoms with Crippen molar-refractivity contribution >= 4 is 17.0 Å². The minimum Gasteiger partial charge on any atom is -0.507 e. The lowest BCUT2D eigenvalue weighted by atomic mass is 10.0. The number of hydrogen-bond donors (Lipinski definition) is 4. The van der Waals surface area contributed by atoms with Crippen LogP contribution in [0, 0.1) is 0 Å². The molecule has 1 aromatic heterocycles. The summed E-state index contributed by atoms with van der Waals surface area (Å²) in [5.74, 6) is -1.56. The van der Waals surface area contributed by atoms with Crippen molar-refractivity contribution in [2.75, 3.05) is 19.6 Å². The highest BCUT2D eigenvalue weighted by molar-refractivity contribution is 5.90. The largest absolute Gasteiger partial charge is 0.507 e. The summed E-state index contributed by atoms with van der Waals surface area (Å²) in [6.45, 7) is 1.80. The van der Waals surface area contributed by atoms with Gasteiger partial charge >= 0.3 is 11.7 Å². The van der Waals surface area contributed by atoms with Crippen LogP contribution in [0.25, 0.3) is 11.0 Å². The Morgan fingerprint density at radius 2 is 1.90 bits per heavy atom. The van der Waals surface area contributed by atoms with E-state index in [1.54, 1.807) is 0 Å². The van der Waals surface area contributed by atoms with E-state index >= 15 is 0 Å². The molecule has 1 atom stereocenters. The smallest absolute Gasteiger partial charge is 0.339 e. The summed E-state index contributed by atoms with van der Waals surface area (Å²) in [5, 5.41) is 29.3. The van der Waals surface area contributed by atoms with Crippen molar-refractivity contribution in [3.05, 3.63) is 64.1 Å². The maximum Gasteiger partial charge on any atom is 0.339 e. The SMILES string of the molecule is O=C(O)c1cc(C(O)CN2CCC(n3c(=O)[nH]c4ccccc43)CC2)ccc1O. The molecule has 8 heteroatoms. The van der Waals surface area contributed by atoms with Crippen LogP contribution in [-0.2, 0) is 0 Å². The average molecular weight is 397 g/mol. The minimum atomic E-state index is -1.23. The normalized spacial score (nSPS) is 16.9. The summed E-state index contributed by atoms with van der Waals surface area (Å²) in [6.07, 6.45) is 0.704. The Morgan fingerprint density at radius 1 is 1.17 bits per heavy atom. The summed E-state index contributed by atoms with van der Waals surface area (Å²) in [6, 6.07) is 11.9. The topological polar surface area (TPSA) is 119 Å². The molecule has 152 valence electrons. The first kappa shape index (κ1) is 19.2. The number of para-hydroxylation sites is 2. The molecule has 1 unspecified atom stereocenters. The van der Waals surface area contributed by atoms with Crippen molar-refractivity contribution in [3.8, 4) is 5.75 Å². The highest BCUT2D eigenvalue weighted by atomic mass is 16.4. The fourth-order valence-electron chi connectivity index (χ4n) is 4.08. The second-order valence-electron chi connectivity index (χ2n) is 7.45. The predicted molar refractivity (Wildman–Crippen MR) is 107 cm³/mol. The zero-order chi connectivity index (χ0) is 20.5. The number of piperidine rings is 1. The number of rotatable bonds is 5. The number of carboxylic acid groups (broad SMARTS) is 1. The van der Waals surface area contributed by atoms with Crippen molar-refractivity contribution < 1.29 is 20.1 Å². The van der Waals surface area contributed by atoms with E-state index in [0.29, 0.717) is 12.1 Å². The van der Waals surface area contributed by atoms with Crippen molar-refractivity contribution in [2.24, 2.45) is 0 Å². The molecule has 2 aromatic carbocycles. The second kappa shape index (κ2) is 7.73. The van der Waals surface area contributed by atoms with Crippen LogP contribution in [0.15, 0.2) is 47.3 Å². The number of aliphatic hydroxyl groups is 1. The van der Waals surface area contributed by atoms with Crippen LogP contribution in [0.4, 0.5) is 0 Å². The molecule has 0 saturated carbocycles. The molecule has 0 aliphatic carbocycles. The Kier molecular flexibility index (Phi) is 5.12. The zero-order valence-electron chi connectivity index (χ0n) is 15.8. The molecule has 1 fully saturated rings. The number of carboxylic acids is 1. The highest BCUT2D eigenvalue weighted by Crippen LogP contribution is 2.27. The number of nitrogens with zero attached hydrogens (tertiary/aromatic N) is 2. The molecule has 1 aliphatic heterocycles. The van der Waals surface area contributed by atoms with Crippen molar-refractivity contribution in [2.45, 2.75) is 25.0 Å². The van der Waals surface area contributed by atoms with Crippen LogP contribution >= 0.6 is 0 Å². The van der Waals surface area contributed by atoms with E-state index in [2.05, 4.69) is 9.88 Å². The lowest BCUT2D eigenvalue weighted by molar-refractivity contribution is 0.0692. The van der Waals surface area contributed by atoms with Gasteiger partial charge in [0.05, 0.1) is 17.1 Å². The van der Waals surface area contributed by atoms with Gasteiger partial charge in [-0.15, -0.1) is 0 Å². The van der Waals surface area contributed by atoms with E-state index in [0.717, 1.165) is 37.0 Å². The van der Waals surface area contributed by atoms with Crippen LogP contribution in [-0.4, -0.2) is 55.4 Å². The molecule has 0 radical (unpaired) electrons. The fraction of sp³-hybridized carbons (Fsp3) is 0.333. The van der Waals surface area contributed by atoms with Crippen LogP contribution < -0.4 is 5.69 Å². The average Bonchev–Trinajstić information content (AvgIpc) is 3.04. The number of H-pyrrole nitrogens is 1. The number of aromatic amines is 1. The number of aromatic carboxylic acids is 1. The first-order valence-electron chi connectivity index (χ1n) is 9.60. The number of benzene rings is 2. The Balaban J connectivity index is 1.42. The Hall–Kier alpha value is -3.10. The minimum absolute atomic E-state index is 0.0966. The van der Waals surface area contributed by atoms with Gasteiger partial charge in [-0.1, -0.05) is 18.2 Å². The van der Waals surface area contributed by atoms with Gasteiger partial charge in [-0.3, -0.25) is 4.57 Å². The van der Waals surface area contributed by atoms with Gasteiger partial charge in [0.2, 0.25) is 0 Å². The number of fused-ring (bicyclic) bond motifs is 1. The lowest BCUT2D eigenvalue weighted by Gasteiger charge is -2.33. The number of hydrogen-bond acceptors (Lipinski definition) is 5. The number of likely N-dealkylation sites (tertiary alicyclic amines) is 1. The molecule has 29 heavy (non-hydrogen) atoms. The molecule has 0 bridgehead atoms. The number of β-amino-alcohol motifs (C(OH)–C–C–N with tert-alkyl or cyclic N) is 1. The fourth-order valence-corrected chi connectivity index (χ4v) is 4.08. The van der Waals surface area contributed by atoms with Gasteiger partial charge in [-0.05, 0) is 42.7 Å². The summed E-state index contributed by atoms with van der Waals surface area (Å²) in [5.41, 5.74) is 1.86. The molecule has 4 N–H and O–H groups in total. The number of aromatic hydroxyl groups is 1. The molecular weight excluding hydrogens is 374 g/mol. The molecule has 1 aliphatic rings. The van der Waals surface area contributed by atoms with E-state index in [1.807, 2.05) is 28.8 Å². The van der Waals surface area contributed by atoms with E-state index in [-0.39, 0.29) is 23.0 Å². The monoisotopic (exact) mass is 397 g/mol. The van der Waals surface area contributed by atoms with Crippen LogP contribution in [0.2, 0.25) is 0 Å². The van der Waals surface area contributed by atoms with Gasteiger partial charge < -0.3 is 25.2 Å². The van der Waals surface area contributed by atoms with Crippen LogP contribution in [0.1, 0.15) is 40.9 Å².